The van der Waals surface area contributed by atoms with Crippen LogP contribution >= 0.6 is 27.3 Å². The fraction of sp³-hybridized carbons (Fsp3) is 0.412. The van der Waals surface area contributed by atoms with Crippen LogP contribution in [0.5, 0.6) is 5.75 Å². The number of rotatable bonds is 6. The summed E-state index contributed by atoms with van der Waals surface area (Å²) in [6, 6.07) is 6.71. The van der Waals surface area contributed by atoms with E-state index in [0.29, 0.717) is 0 Å². The Morgan fingerprint density at radius 3 is 2.62 bits per heavy atom. The van der Waals surface area contributed by atoms with E-state index in [-0.39, 0.29) is 6.04 Å². The summed E-state index contributed by atoms with van der Waals surface area (Å²) >= 11 is 5.33. The molecule has 1 aromatic carbocycles. The number of hydrogen-bond donors (Lipinski definition) is 1. The molecule has 2 rings (SSSR count). The Kier molecular flexibility index (Phi) is 5.85. The molecule has 0 aliphatic carbocycles. The minimum atomic E-state index is 0.178. The summed E-state index contributed by atoms with van der Waals surface area (Å²) in [5.74, 6) is 0.964. The molecule has 0 amide bonds. The van der Waals surface area contributed by atoms with Crippen LogP contribution in [0.1, 0.15) is 41.0 Å². The molecule has 114 valence electrons. The molecule has 0 radical (unpaired) electrons. The molecule has 21 heavy (non-hydrogen) atoms. The summed E-state index contributed by atoms with van der Waals surface area (Å²) in [4.78, 5) is 1.31. The fourth-order valence-electron chi connectivity index (χ4n) is 2.59. The number of hydrogen-bond acceptors (Lipinski definition) is 3. The predicted octanol–water partition coefficient (Wildman–Crippen LogP) is 5.23. The highest BCUT2D eigenvalue weighted by Crippen LogP contribution is 2.37. The van der Waals surface area contributed by atoms with Gasteiger partial charge in [0.25, 0.3) is 0 Å². The molecule has 0 saturated heterocycles. The van der Waals surface area contributed by atoms with Crippen molar-refractivity contribution in [3.63, 3.8) is 0 Å². The molecule has 1 aromatic heterocycles. The second-order valence-electron chi connectivity index (χ2n) is 5.25. The summed E-state index contributed by atoms with van der Waals surface area (Å²) in [6.45, 7) is 7.44. The highest BCUT2D eigenvalue weighted by atomic mass is 79.9. The zero-order valence-corrected chi connectivity index (χ0v) is 15.4. The molecule has 0 fully saturated rings. The molecule has 0 saturated carbocycles. The predicted molar refractivity (Wildman–Crippen MR) is 94.6 cm³/mol. The fourth-order valence-corrected chi connectivity index (χ4v) is 4.12. The summed E-state index contributed by atoms with van der Waals surface area (Å²) in [5.41, 5.74) is 3.74. The normalized spacial score (nSPS) is 12.4. The van der Waals surface area contributed by atoms with Crippen molar-refractivity contribution in [3.05, 3.63) is 49.6 Å². The van der Waals surface area contributed by atoms with Crippen molar-refractivity contribution in [2.75, 3.05) is 13.7 Å². The highest BCUT2D eigenvalue weighted by molar-refractivity contribution is 9.10. The van der Waals surface area contributed by atoms with Crippen LogP contribution in [0, 0.1) is 13.8 Å². The quantitative estimate of drug-likeness (QED) is 0.754. The number of thiophene rings is 1. The summed E-state index contributed by atoms with van der Waals surface area (Å²) in [6.07, 6.45) is 1.11. The van der Waals surface area contributed by atoms with Gasteiger partial charge in [0.1, 0.15) is 5.75 Å². The Bertz CT molecular complexity index is 609. The van der Waals surface area contributed by atoms with E-state index in [0.717, 1.165) is 23.2 Å². The first-order chi connectivity index (χ1) is 10.1. The average Bonchev–Trinajstić information content (AvgIpc) is 2.87. The molecule has 0 aliphatic heterocycles. The molecular formula is C17H22BrNOS. The number of benzene rings is 1. The topological polar surface area (TPSA) is 21.3 Å². The van der Waals surface area contributed by atoms with Crippen LogP contribution in [-0.2, 0) is 0 Å². The van der Waals surface area contributed by atoms with Crippen molar-refractivity contribution in [2.45, 2.75) is 33.2 Å². The number of ether oxygens (including phenoxy) is 1. The zero-order valence-electron chi connectivity index (χ0n) is 13.0. The first kappa shape index (κ1) is 16.5. The maximum Gasteiger partial charge on any atom is 0.124 e. The summed E-state index contributed by atoms with van der Waals surface area (Å²) in [7, 11) is 1.75. The van der Waals surface area contributed by atoms with Gasteiger partial charge in [-0.15, -0.1) is 11.3 Å². The maximum absolute atomic E-state index is 5.65. The smallest absolute Gasteiger partial charge is 0.124 e. The van der Waals surface area contributed by atoms with Gasteiger partial charge in [0, 0.05) is 20.3 Å². The van der Waals surface area contributed by atoms with Crippen LogP contribution in [0.25, 0.3) is 0 Å². The Hall–Kier alpha value is -0.840. The molecule has 0 bridgehead atoms. The lowest BCUT2D eigenvalue weighted by molar-refractivity contribution is 0.403. The Labute approximate surface area is 139 Å². The Morgan fingerprint density at radius 2 is 2.05 bits per heavy atom. The second-order valence-corrected chi connectivity index (χ2v) is 7.11. The van der Waals surface area contributed by atoms with Crippen LogP contribution in [-0.4, -0.2) is 13.7 Å². The maximum atomic E-state index is 5.65. The zero-order chi connectivity index (χ0) is 15.4. The van der Waals surface area contributed by atoms with Crippen LogP contribution in [0.3, 0.4) is 0 Å². The van der Waals surface area contributed by atoms with Crippen LogP contribution in [0.2, 0.25) is 0 Å². The summed E-state index contributed by atoms with van der Waals surface area (Å²) in [5, 5.41) is 5.79. The van der Waals surface area contributed by atoms with E-state index in [9.17, 15) is 0 Å². The van der Waals surface area contributed by atoms with Gasteiger partial charge < -0.3 is 10.1 Å². The third-order valence-electron chi connectivity index (χ3n) is 3.47. The molecule has 0 spiro atoms. The largest absolute Gasteiger partial charge is 0.496 e. The number of methoxy groups -OCH3 is 1. The monoisotopic (exact) mass is 367 g/mol. The van der Waals surface area contributed by atoms with Gasteiger partial charge in [-0.2, -0.15) is 0 Å². The third kappa shape index (κ3) is 3.87. The molecule has 4 heteroatoms. The van der Waals surface area contributed by atoms with Crippen molar-refractivity contribution in [1.82, 2.24) is 5.32 Å². The molecule has 0 aliphatic rings. The van der Waals surface area contributed by atoms with E-state index >= 15 is 0 Å². The molecule has 1 N–H and O–H groups in total. The van der Waals surface area contributed by atoms with Crippen molar-refractivity contribution < 1.29 is 4.74 Å². The number of aryl methyl sites for hydroxylation is 2. The lowest BCUT2D eigenvalue weighted by atomic mass is 9.96. The number of nitrogens with one attached hydrogen (secondary N) is 1. The van der Waals surface area contributed by atoms with Crippen molar-refractivity contribution in [2.24, 2.45) is 0 Å². The molecule has 2 nitrogen and oxygen atoms in total. The molecule has 1 heterocycles. The average molecular weight is 368 g/mol. The van der Waals surface area contributed by atoms with Crippen LogP contribution in [0.15, 0.2) is 28.1 Å². The number of halogens is 1. The van der Waals surface area contributed by atoms with Gasteiger partial charge in [-0.3, -0.25) is 0 Å². The Balaban J connectivity index is 2.50. The lowest BCUT2D eigenvalue weighted by Crippen LogP contribution is -2.23. The first-order valence-corrected chi connectivity index (χ1v) is 8.86. The molecule has 1 atom stereocenters. The minimum absolute atomic E-state index is 0.178. The van der Waals surface area contributed by atoms with Crippen molar-refractivity contribution in [1.29, 1.82) is 0 Å². The molecular weight excluding hydrogens is 346 g/mol. The van der Waals surface area contributed by atoms with Crippen LogP contribution in [0.4, 0.5) is 0 Å². The van der Waals surface area contributed by atoms with Crippen molar-refractivity contribution >= 4 is 27.3 Å². The van der Waals surface area contributed by atoms with E-state index in [2.05, 4.69) is 65.6 Å². The standard InChI is InChI=1S/C17H22BrNOS/c1-5-6-19-17(15-9-13(18)10-21-15)16-12(3)7-11(2)8-14(16)20-4/h7-10,17,19H,5-6H2,1-4H3. The first-order valence-electron chi connectivity index (χ1n) is 7.19. The van der Waals surface area contributed by atoms with E-state index in [4.69, 9.17) is 4.74 Å². The van der Waals surface area contributed by atoms with Gasteiger partial charge in [-0.05, 0) is 66.0 Å². The highest BCUT2D eigenvalue weighted by Gasteiger charge is 2.21. The summed E-state index contributed by atoms with van der Waals surface area (Å²) < 4.78 is 6.78. The van der Waals surface area contributed by atoms with Gasteiger partial charge >= 0.3 is 0 Å². The lowest BCUT2D eigenvalue weighted by Gasteiger charge is -2.23. The van der Waals surface area contributed by atoms with Gasteiger partial charge in [0.15, 0.2) is 0 Å². The Morgan fingerprint density at radius 1 is 1.29 bits per heavy atom. The molecule has 1 unspecified atom stereocenters. The van der Waals surface area contributed by atoms with Crippen molar-refractivity contribution in [3.8, 4) is 5.75 Å². The van der Waals surface area contributed by atoms with E-state index in [1.807, 2.05) is 0 Å². The second kappa shape index (κ2) is 7.43. The van der Waals surface area contributed by atoms with Gasteiger partial charge in [-0.25, -0.2) is 0 Å². The van der Waals surface area contributed by atoms with Gasteiger partial charge in [0.05, 0.1) is 13.2 Å². The molecule has 2 aromatic rings. The van der Waals surface area contributed by atoms with Gasteiger partial charge in [-0.1, -0.05) is 13.0 Å². The van der Waals surface area contributed by atoms with E-state index < -0.39 is 0 Å². The SMILES string of the molecule is CCCNC(c1cc(Br)cs1)c1c(C)cc(C)cc1OC. The van der Waals surface area contributed by atoms with Crippen LogP contribution < -0.4 is 10.1 Å². The third-order valence-corrected chi connectivity index (χ3v) is 5.23. The minimum Gasteiger partial charge on any atom is -0.496 e. The van der Waals surface area contributed by atoms with E-state index in [1.54, 1.807) is 18.4 Å². The van der Waals surface area contributed by atoms with Gasteiger partial charge in [0.2, 0.25) is 0 Å². The van der Waals surface area contributed by atoms with E-state index in [1.165, 1.54) is 21.6 Å².